The van der Waals surface area contributed by atoms with Crippen LogP contribution in [0.1, 0.15) is 168 Å². The van der Waals surface area contributed by atoms with Crippen molar-refractivity contribution in [3.05, 3.63) is 85.1 Å². The number of phosphoric ester groups is 1. The van der Waals surface area contributed by atoms with Gasteiger partial charge in [0.05, 0.1) is 13.2 Å². The van der Waals surface area contributed by atoms with Crippen LogP contribution >= 0.6 is 7.82 Å². The highest BCUT2D eigenvalue weighted by molar-refractivity contribution is 7.47. The number of hydrogen-bond acceptors (Lipinski definition) is 8. The number of carbonyl (C=O) groups excluding carboxylic acids is 2. The minimum absolute atomic E-state index is 0.0439. The fraction of sp³-hybridized carbons (Fsp3) is 0.660. The second kappa shape index (κ2) is 42.8. The van der Waals surface area contributed by atoms with E-state index in [9.17, 15) is 19.0 Å². The quantitative estimate of drug-likeness (QED) is 0.0268. The predicted octanol–water partition coefficient (Wildman–Crippen LogP) is 12.8. The Kier molecular flexibility index (Phi) is 40.7. The molecule has 2 atom stereocenters. The summed E-state index contributed by atoms with van der Waals surface area (Å²) in [6.45, 7) is 3.55. The molecule has 0 saturated heterocycles. The average molecular weight is 818 g/mol. The first-order chi connectivity index (χ1) is 27.8. The van der Waals surface area contributed by atoms with Crippen LogP contribution in [0.2, 0.25) is 0 Å². The second-order valence-corrected chi connectivity index (χ2v) is 15.6. The van der Waals surface area contributed by atoms with Gasteiger partial charge >= 0.3 is 19.8 Å². The summed E-state index contributed by atoms with van der Waals surface area (Å²) in [6, 6.07) is 0. The zero-order valence-corrected chi connectivity index (χ0v) is 36.7. The number of carbonyl (C=O) groups is 2. The summed E-state index contributed by atoms with van der Waals surface area (Å²) in [5.74, 6) is -0.874. The van der Waals surface area contributed by atoms with Crippen LogP contribution in [0.15, 0.2) is 85.1 Å². The van der Waals surface area contributed by atoms with Gasteiger partial charge in [0.2, 0.25) is 0 Å². The third-order valence-corrected chi connectivity index (χ3v) is 9.78. The van der Waals surface area contributed by atoms with E-state index in [1.165, 1.54) is 51.4 Å². The Morgan fingerprint density at radius 1 is 0.544 bits per heavy atom. The minimum atomic E-state index is -4.39. The van der Waals surface area contributed by atoms with E-state index in [0.29, 0.717) is 6.42 Å². The maximum atomic E-state index is 12.6. The summed E-state index contributed by atoms with van der Waals surface area (Å²) in [5, 5.41) is 0. The van der Waals surface area contributed by atoms with Crippen LogP contribution in [0.5, 0.6) is 0 Å². The Hall–Kier alpha value is -2.81. The Bertz CT molecular complexity index is 1210. The fourth-order valence-electron chi connectivity index (χ4n) is 5.55. The van der Waals surface area contributed by atoms with Gasteiger partial charge in [0, 0.05) is 19.4 Å². The van der Waals surface area contributed by atoms with E-state index in [-0.39, 0.29) is 32.6 Å². The van der Waals surface area contributed by atoms with Crippen molar-refractivity contribution in [3.63, 3.8) is 0 Å². The lowest BCUT2D eigenvalue weighted by atomic mass is 10.1. The van der Waals surface area contributed by atoms with Crippen LogP contribution in [0.3, 0.4) is 0 Å². The lowest BCUT2D eigenvalue weighted by Crippen LogP contribution is -2.29. The monoisotopic (exact) mass is 818 g/mol. The number of ether oxygens (including phenoxy) is 2. The summed E-state index contributed by atoms with van der Waals surface area (Å²) < 4.78 is 32.7. The van der Waals surface area contributed by atoms with Gasteiger partial charge in [-0.05, 0) is 70.6 Å². The zero-order valence-electron chi connectivity index (χ0n) is 35.8. The number of allylic oxidation sites excluding steroid dienone is 14. The van der Waals surface area contributed by atoms with Crippen molar-refractivity contribution in [2.75, 3.05) is 26.4 Å². The molecular formula is C47H80NO8P. The molecule has 0 aliphatic carbocycles. The van der Waals surface area contributed by atoms with Crippen LogP contribution in [-0.2, 0) is 32.7 Å². The summed E-state index contributed by atoms with van der Waals surface area (Å²) in [5.41, 5.74) is 5.34. The first kappa shape index (κ1) is 54.2. The normalized spacial score (nSPS) is 14.1. The average Bonchev–Trinajstić information content (AvgIpc) is 3.20. The SMILES string of the molecule is CC/C=C\C/C=C\C/C=C\C/C=C\C/C=C\C/C=C\C/C=C\CCCCCC(=O)OC(COC(=O)CCCCCCCCCCCCC)COP(=O)(O)OCCN. The van der Waals surface area contributed by atoms with Gasteiger partial charge in [-0.1, -0.05) is 170 Å². The van der Waals surface area contributed by atoms with Crippen molar-refractivity contribution in [3.8, 4) is 0 Å². The molecule has 10 heteroatoms. The maximum Gasteiger partial charge on any atom is 0.472 e. The number of unbranched alkanes of at least 4 members (excludes halogenated alkanes) is 13. The number of rotatable bonds is 40. The molecule has 0 aliphatic heterocycles. The minimum Gasteiger partial charge on any atom is -0.462 e. The highest BCUT2D eigenvalue weighted by Gasteiger charge is 2.26. The molecular weight excluding hydrogens is 737 g/mol. The Morgan fingerprint density at radius 2 is 0.965 bits per heavy atom. The molecule has 9 nitrogen and oxygen atoms in total. The smallest absolute Gasteiger partial charge is 0.462 e. The third-order valence-electron chi connectivity index (χ3n) is 8.80. The van der Waals surface area contributed by atoms with Crippen LogP contribution in [0.25, 0.3) is 0 Å². The van der Waals surface area contributed by atoms with Crippen molar-refractivity contribution >= 4 is 19.8 Å². The molecule has 3 N–H and O–H groups in total. The van der Waals surface area contributed by atoms with Crippen molar-refractivity contribution in [1.29, 1.82) is 0 Å². The fourth-order valence-corrected chi connectivity index (χ4v) is 6.32. The van der Waals surface area contributed by atoms with Crippen molar-refractivity contribution in [2.45, 2.75) is 174 Å². The Labute approximate surface area is 347 Å². The highest BCUT2D eigenvalue weighted by Crippen LogP contribution is 2.43. The van der Waals surface area contributed by atoms with Crippen LogP contribution < -0.4 is 5.73 Å². The first-order valence-corrected chi connectivity index (χ1v) is 23.6. The van der Waals surface area contributed by atoms with Gasteiger partial charge in [-0.2, -0.15) is 0 Å². The van der Waals surface area contributed by atoms with E-state index in [1.54, 1.807) is 0 Å². The Morgan fingerprint density at radius 3 is 1.44 bits per heavy atom. The van der Waals surface area contributed by atoms with E-state index in [1.807, 2.05) is 0 Å². The van der Waals surface area contributed by atoms with Gasteiger partial charge in [0.1, 0.15) is 6.61 Å². The largest absolute Gasteiger partial charge is 0.472 e. The number of nitrogens with two attached hydrogens (primary N) is 1. The molecule has 0 amide bonds. The number of hydrogen-bond donors (Lipinski definition) is 2. The molecule has 0 saturated carbocycles. The van der Waals surface area contributed by atoms with Crippen molar-refractivity contribution in [1.82, 2.24) is 0 Å². The van der Waals surface area contributed by atoms with E-state index in [4.69, 9.17) is 24.3 Å². The van der Waals surface area contributed by atoms with Crippen molar-refractivity contribution < 1.29 is 37.6 Å². The second-order valence-electron chi connectivity index (χ2n) is 14.2. The zero-order chi connectivity index (χ0) is 41.8. The van der Waals surface area contributed by atoms with Crippen LogP contribution in [-0.4, -0.2) is 49.3 Å². The molecule has 0 bridgehead atoms. The van der Waals surface area contributed by atoms with Crippen LogP contribution in [0.4, 0.5) is 0 Å². The molecule has 0 rings (SSSR count). The topological polar surface area (TPSA) is 134 Å². The number of esters is 2. The lowest BCUT2D eigenvalue weighted by Gasteiger charge is -2.19. The molecule has 0 fully saturated rings. The van der Waals surface area contributed by atoms with Gasteiger partial charge in [0.25, 0.3) is 0 Å². The van der Waals surface area contributed by atoms with Gasteiger partial charge in [-0.25, -0.2) is 4.57 Å². The molecule has 0 aromatic rings. The van der Waals surface area contributed by atoms with E-state index >= 15 is 0 Å². The lowest BCUT2D eigenvalue weighted by molar-refractivity contribution is -0.161. The molecule has 0 spiro atoms. The standard InChI is InChI=1S/C47H80NO8P/c1-3-5-7-9-11-13-15-16-17-18-19-20-21-22-23-24-25-26-27-28-30-32-34-36-38-40-47(50)56-45(44-55-57(51,52)54-42-41-48)43-53-46(49)39-37-35-33-31-29-14-12-10-8-6-4-2/h5,7,11,13,16-17,19-20,22-23,25-26,28,30,45H,3-4,6,8-10,12,14-15,18,21,24,27,29,31-44,48H2,1-2H3,(H,51,52)/b7-5-,13-11-,17-16-,20-19-,23-22-,26-25-,30-28-. The molecule has 0 radical (unpaired) electrons. The van der Waals surface area contributed by atoms with E-state index in [0.717, 1.165) is 83.5 Å². The summed E-state index contributed by atoms with van der Waals surface area (Å²) in [7, 11) is -4.39. The molecule has 326 valence electrons. The van der Waals surface area contributed by atoms with E-state index < -0.39 is 32.5 Å². The molecule has 0 aromatic carbocycles. The van der Waals surface area contributed by atoms with Gasteiger partial charge in [0.15, 0.2) is 6.10 Å². The predicted molar refractivity (Wildman–Crippen MR) is 238 cm³/mol. The number of phosphoric acid groups is 1. The van der Waals surface area contributed by atoms with Crippen LogP contribution in [0, 0.1) is 0 Å². The molecule has 2 unspecified atom stereocenters. The van der Waals surface area contributed by atoms with Crippen molar-refractivity contribution in [2.24, 2.45) is 5.73 Å². The summed E-state index contributed by atoms with van der Waals surface area (Å²) in [4.78, 5) is 34.8. The third kappa shape index (κ3) is 42.6. The van der Waals surface area contributed by atoms with E-state index in [2.05, 4.69) is 98.9 Å². The van der Waals surface area contributed by atoms with Gasteiger partial charge in [-0.3, -0.25) is 18.6 Å². The maximum absolute atomic E-state index is 12.6. The van der Waals surface area contributed by atoms with Gasteiger partial charge < -0.3 is 20.1 Å². The first-order valence-electron chi connectivity index (χ1n) is 22.1. The molecule has 57 heavy (non-hydrogen) atoms. The Balaban J connectivity index is 4.21. The summed E-state index contributed by atoms with van der Waals surface area (Å²) in [6.07, 6.45) is 53.3. The highest BCUT2D eigenvalue weighted by atomic mass is 31.2. The van der Waals surface area contributed by atoms with Gasteiger partial charge in [-0.15, -0.1) is 0 Å². The molecule has 0 aromatic heterocycles. The molecule has 0 aliphatic rings. The summed E-state index contributed by atoms with van der Waals surface area (Å²) >= 11 is 0. The molecule has 0 heterocycles.